The normalized spacial score (nSPS) is 15.6. The molecule has 0 bridgehead atoms. The molecular formula is C16H20ClN2O3. The van der Waals surface area contributed by atoms with Gasteiger partial charge in [-0.05, 0) is 19.0 Å². The summed E-state index contributed by atoms with van der Waals surface area (Å²) >= 11 is 6.03. The van der Waals surface area contributed by atoms with Crippen molar-refractivity contribution in [3.63, 3.8) is 0 Å². The standard InChI is InChI=1S/C16H20ClN2O3/c17-15-6-2-1-5-14(15)13-22-16(21)19-10-8-18(9-11-19)7-3-4-12-20/h1-2,5-6H,3-4,7-11,13H2. The highest BCUT2D eigenvalue weighted by Crippen LogP contribution is 2.16. The van der Waals surface area contributed by atoms with Gasteiger partial charge in [0.2, 0.25) is 0 Å². The minimum atomic E-state index is -0.305. The second-order valence-electron chi connectivity index (χ2n) is 5.22. The number of hydrogen-bond donors (Lipinski definition) is 0. The SMILES string of the molecule is O=[C]CCCN1CCN(C(=O)OCc2ccccc2Cl)CC1. The van der Waals surface area contributed by atoms with Gasteiger partial charge in [-0.2, -0.15) is 0 Å². The summed E-state index contributed by atoms with van der Waals surface area (Å²) in [6.07, 6.45) is 2.89. The summed E-state index contributed by atoms with van der Waals surface area (Å²) in [4.78, 5) is 26.2. The molecular weight excluding hydrogens is 304 g/mol. The van der Waals surface area contributed by atoms with Crippen LogP contribution in [0.5, 0.6) is 0 Å². The zero-order chi connectivity index (χ0) is 15.8. The number of hydrogen-bond acceptors (Lipinski definition) is 4. The molecule has 5 nitrogen and oxygen atoms in total. The molecule has 6 heteroatoms. The lowest BCUT2D eigenvalue weighted by Crippen LogP contribution is -2.48. The van der Waals surface area contributed by atoms with E-state index in [1.54, 1.807) is 11.0 Å². The average Bonchev–Trinajstić information content (AvgIpc) is 2.55. The summed E-state index contributed by atoms with van der Waals surface area (Å²) in [6.45, 7) is 3.96. The van der Waals surface area contributed by atoms with Crippen molar-refractivity contribution in [2.45, 2.75) is 19.4 Å². The van der Waals surface area contributed by atoms with Gasteiger partial charge in [-0.15, -0.1) is 0 Å². The quantitative estimate of drug-likeness (QED) is 0.755. The Bertz CT molecular complexity index is 502. The maximum Gasteiger partial charge on any atom is 0.410 e. The smallest absolute Gasteiger partial charge is 0.410 e. The van der Waals surface area contributed by atoms with Gasteiger partial charge >= 0.3 is 6.09 Å². The molecule has 0 spiro atoms. The Hall–Kier alpha value is -1.59. The molecule has 22 heavy (non-hydrogen) atoms. The maximum absolute atomic E-state index is 12.0. The van der Waals surface area contributed by atoms with Crippen LogP contribution in [0.4, 0.5) is 4.79 Å². The zero-order valence-electron chi connectivity index (χ0n) is 12.5. The molecule has 119 valence electrons. The van der Waals surface area contributed by atoms with E-state index in [4.69, 9.17) is 16.3 Å². The van der Waals surface area contributed by atoms with E-state index in [2.05, 4.69) is 4.90 Å². The van der Waals surface area contributed by atoms with Crippen molar-refractivity contribution in [1.82, 2.24) is 9.80 Å². The van der Waals surface area contributed by atoms with Crippen LogP contribution < -0.4 is 0 Å². The molecule has 1 radical (unpaired) electrons. The molecule has 1 heterocycles. The van der Waals surface area contributed by atoms with Crippen molar-refractivity contribution in [2.75, 3.05) is 32.7 Å². The number of halogens is 1. The minimum absolute atomic E-state index is 0.188. The Kier molecular flexibility index (Phi) is 6.68. The number of piperazine rings is 1. The fourth-order valence-electron chi connectivity index (χ4n) is 2.38. The number of carbonyl (C=O) groups excluding carboxylic acids is 2. The number of carbonyl (C=O) groups is 1. The molecule has 0 unspecified atom stereocenters. The van der Waals surface area contributed by atoms with Gasteiger partial charge in [0, 0.05) is 43.2 Å². The van der Waals surface area contributed by atoms with Crippen molar-refractivity contribution in [1.29, 1.82) is 0 Å². The van der Waals surface area contributed by atoms with E-state index in [1.807, 2.05) is 24.5 Å². The van der Waals surface area contributed by atoms with Crippen LogP contribution in [0.15, 0.2) is 24.3 Å². The topological polar surface area (TPSA) is 49.9 Å². The van der Waals surface area contributed by atoms with Crippen molar-refractivity contribution >= 4 is 24.0 Å². The third-order valence-corrected chi connectivity index (χ3v) is 4.06. The second-order valence-corrected chi connectivity index (χ2v) is 5.63. The van der Waals surface area contributed by atoms with Crippen LogP contribution in [0, 0.1) is 0 Å². The Balaban J connectivity index is 1.71. The number of nitrogens with zero attached hydrogens (tertiary/aromatic N) is 2. The van der Waals surface area contributed by atoms with Crippen molar-refractivity contribution in [3.05, 3.63) is 34.9 Å². The highest BCUT2D eigenvalue weighted by molar-refractivity contribution is 6.31. The van der Waals surface area contributed by atoms with Gasteiger partial charge < -0.3 is 9.64 Å². The highest BCUT2D eigenvalue weighted by atomic mass is 35.5. The van der Waals surface area contributed by atoms with E-state index in [1.165, 1.54) is 0 Å². The monoisotopic (exact) mass is 323 g/mol. The van der Waals surface area contributed by atoms with Crippen LogP contribution in [0.1, 0.15) is 18.4 Å². The lowest BCUT2D eigenvalue weighted by atomic mass is 10.2. The summed E-state index contributed by atoms with van der Waals surface area (Å²) in [5, 5.41) is 0.604. The van der Waals surface area contributed by atoms with Crippen LogP contribution >= 0.6 is 11.6 Å². The molecule has 1 amide bonds. The average molecular weight is 324 g/mol. The molecule has 1 saturated heterocycles. The fourth-order valence-corrected chi connectivity index (χ4v) is 2.57. The van der Waals surface area contributed by atoms with Gasteiger partial charge in [-0.25, -0.2) is 4.79 Å². The molecule has 1 aromatic carbocycles. The number of ether oxygens (including phenoxy) is 1. The Labute approximate surface area is 135 Å². The summed E-state index contributed by atoms with van der Waals surface area (Å²) < 4.78 is 5.31. The number of amides is 1. The molecule has 0 atom stereocenters. The molecule has 0 N–H and O–H groups in total. The minimum Gasteiger partial charge on any atom is -0.444 e. The summed E-state index contributed by atoms with van der Waals surface area (Å²) in [5.41, 5.74) is 0.807. The second kappa shape index (κ2) is 8.76. The molecule has 1 aliphatic heterocycles. The first-order valence-electron chi connectivity index (χ1n) is 7.43. The van der Waals surface area contributed by atoms with Gasteiger partial charge in [0.15, 0.2) is 6.29 Å². The number of rotatable bonds is 6. The third-order valence-electron chi connectivity index (χ3n) is 3.69. The Morgan fingerprint density at radius 2 is 1.95 bits per heavy atom. The molecule has 0 aromatic heterocycles. The molecule has 0 aliphatic carbocycles. The van der Waals surface area contributed by atoms with Gasteiger partial charge in [0.05, 0.1) is 0 Å². The molecule has 1 aromatic rings. The van der Waals surface area contributed by atoms with E-state index in [-0.39, 0.29) is 12.7 Å². The molecule has 1 aliphatic rings. The van der Waals surface area contributed by atoms with Crippen LogP contribution in [0.25, 0.3) is 0 Å². The lowest BCUT2D eigenvalue weighted by Gasteiger charge is -2.33. The van der Waals surface area contributed by atoms with Crippen molar-refractivity contribution in [2.24, 2.45) is 0 Å². The van der Waals surface area contributed by atoms with Gasteiger partial charge in [-0.1, -0.05) is 29.8 Å². The first kappa shape index (κ1) is 16.8. The predicted octanol–water partition coefficient (Wildman–Crippen LogP) is 2.48. The van der Waals surface area contributed by atoms with E-state index in [9.17, 15) is 9.59 Å². The molecule has 1 fully saturated rings. The van der Waals surface area contributed by atoms with Crippen molar-refractivity contribution in [3.8, 4) is 0 Å². The Morgan fingerprint density at radius 3 is 2.64 bits per heavy atom. The van der Waals surface area contributed by atoms with Gasteiger partial charge in [0.1, 0.15) is 6.61 Å². The first-order chi connectivity index (χ1) is 10.7. The first-order valence-corrected chi connectivity index (χ1v) is 7.81. The van der Waals surface area contributed by atoms with E-state index in [0.717, 1.165) is 31.6 Å². The van der Waals surface area contributed by atoms with Gasteiger partial charge in [0.25, 0.3) is 0 Å². The lowest BCUT2D eigenvalue weighted by molar-refractivity contribution is 0.0716. The number of benzene rings is 1. The van der Waals surface area contributed by atoms with E-state index >= 15 is 0 Å². The van der Waals surface area contributed by atoms with E-state index < -0.39 is 0 Å². The van der Waals surface area contributed by atoms with Crippen molar-refractivity contribution < 1.29 is 14.3 Å². The third kappa shape index (κ3) is 5.00. The maximum atomic E-state index is 12.0. The molecule has 0 saturated carbocycles. The molecule has 2 rings (SSSR count). The number of unbranched alkanes of at least 4 members (excludes halogenated alkanes) is 1. The summed E-state index contributed by atoms with van der Waals surface area (Å²) in [5.74, 6) is 0. The predicted molar refractivity (Wildman–Crippen MR) is 84.6 cm³/mol. The summed E-state index contributed by atoms with van der Waals surface area (Å²) in [7, 11) is 0. The van der Waals surface area contributed by atoms with Crippen LogP contribution in [-0.4, -0.2) is 54.9 Å². The van der Waals surface area contributed by atoms with E-state index in [0.29, 0.717) is 24.5 Å². The summed E-state index contributed by atoms with van der Waals surface area (Å²) in [6, 6.07) is 7.33. The van der Waals surface area contributed by atoms with Crippen LogP contribution in [0.2, 0.25) is 5.02 Å². The Morgan fingerprint density at radius 1 is 1.23 bits per heavy atom. The van der Waals surface area contributed by atoms with Crippen LogP contribution in [-0.2, 0) is 16.1 Å². The highest BCUT2D eigenvalue weighted by Gasteiger charge is 2.21. The zero-order valence-corrected chi connectivity index (χ0v) is 13.2. The van der Waals surface area contributed by atoms with Crippen LogP contribution in [0.3, 0.4) is 0 Å². The fraction of sp³-hybridized carbons (Fsp3) is 0.500. The van der Waals surface area contributed by atoms with Gasteiger partial charge in [-0.3, -0.25) is 9.69 Å². The largest absolute Gasteiger partial charge is 0.444 e.